The fourth-order valence-electron chi connectivity index (χ4n) is 4.12. The first kappa shape index (κ1) is 27.2. The van der Waals surface area contributed by atoms with E-state index in [0.29, 0.717) is 21.4 Å². The van der Waals surface area contributed by atoms with Crippen molar-refractivity contribution in [2.24, 2.45) is 0 Å². The van der Waals surface area contributed by atoms with Crippen LogP contribution in [0, 0.1) is 11.6 Å². The minimum Gasteiger partial charge on any atom is -0.507 e. The molecule has 0 saturated carbocycles. The highest BCUT2D eigenvalue weighted by atomic mass is 32.2. The van der Waals surface area contributed by atoms with Gasteiger partial charge in [0.05, 0.1) is 11.6 Å². The first-order valence-electron chi connectivity index (χ1n) is 12.0. The highest BCUT2D eigenvalue weighted by Crippen LogP contribution is 2.44. The molecule has 5 rings (SSSR count). The number of rotatable bonds is 9. The summed E-state index contributed by atoms with van der Waals surface area (Å²) >= 11 is 2.46. The number of aliphatic hydroxyl groups is 1. The largest absolute Gasteiger partial charge is 0.507 e. The molecule has 0 aliphatic carbocycles. The number of benzene rings is 3. The maximum Gasteiger partial charge on any atom is 0.301 e. The summed E-state index contributed by atoms with van der Waals surface area (Å²) in [6.45, 7) is 3.88. The summed E-state index contributed by atoms with van der Waals surface area (Å²) in [5.41, 5.74) is 1.36. The lowest BCUT2D eigenvalue weighted by atomic mass is 9.95. The zero-order valence-electron chi connectivity index (χ0n) is 20.8. The second-order valence-corrected chi connectivity index (χ2v) is 10.8. The van der Waals surface area contributed by atoms with Crippen LogP contribution < -0.4 is 9.64 Å². The summed E-state index contributed by atoms with van der Waals surface area (Å²) in [5, 5.41) is 19.7. The van der Waals surface area contributed by atoms with Crippen molar-refractivity contribution in [3.8, 4) is 5.75 Å². The van der Waals surface area contributed by atoms with Gasteiger partial charge in [0.2, 0.25) is 5.13 Å². The fraction of sp³-hybridized carbons (Fsp3) is 0.103. The van der Waals surface area contributed by atoms with E-state index in [4.69, 9.17) is 4.74 Å². The lowest BCUT2D eigenvalue weighted by Crippen LogP contribution is -2.29. The molecule has 1 unspecified atom stereocenters. The van der Waals surface area contributed by atoms with Crippen LogP contribution in [0.5, 0.6) is 5.75 Å². The Labute approximate surface area is 236 Å². The summed E-state index contributed by atoms with van der Waals surface area (Å²) in [5.74, 6) is -2.14. The van der Waals surface area contributed by atoms with Crippen LogP contribution in [0.1, 0.15) is 22.7 Å². The van der Waals surface area contributed by atoms with Gasteiger partial charge in [-0.05, 0) is 59.7 Å². The summed E-state index contributed by atoms with van der Waals surface area (Å²) in [6.07, 6.45) is 1.58. The molecule has 1 N–H and O–H groups in total. The Balaban J connectivity index is 1.54. The van der Waals surface area contributed by atoms with Crippen molar-refractivity contribution in [3.63, 3.8) is 0 Å². The number of aliphatic hydroxyl groups excluding tert-OH is 1. The minimum absolute atomic E-state index is 0.157. The van der Waals surface area contributed by atoms with E-state index in [1.54, 1.807) is 42.5 Å². The lowest BCUT2D eigenvalue weighted by molar-refractivity contribution is -0.132. The quantitative estimate of drug-likeness (QED) is 0.0623. The van der Waals surface area contributed by atoms with Crippen molar-refractivity contribution < 1.29 is 28.2 Å². The van der Waals surface area contributed by atoms with E-state index >= 15 is 0 Å². The molecule has 1 atom stereocenters. The molecule has 11 heteroatoms. The van der Waals surface area contributed by atoms with Crippen molar-refractivity contribution in [1.82, 2.24) is 10.2 Å². The summed E-state index contributed by atoms with van der Waals surface area (Å²) in [7, 11) is 0. The normalized spacial score (nSPS) is 16.4. The number of carbonyl (C=O) groups is 2. The zero-order chi connectivity index (χ0) is 28.2. The van der Waals surface area contributed by atoms with Crippen molar-refractivity contribution >= 4 is 45.7 Å². The van der Waals surface area contributed by atoms with E-state index in [2.05, 4.69) is 16.8 Å². The number of aromatic nitrogens is 2. The first-order chi connectivity index (χ1) is 19.4. The molecule has 0 radical (unpaired) electrons. The third kappa shape index (κ3) is 5.65. The third-order valence-corrected chi connectivity index (χ3v) is 8.11. The van der Waals surface area contributed by atoms with Crippen LogP contribution in [-0.2, 0) is 15.3 Å². The van der Waals surface area contributed by atoms with E-state index in [9.17, 15) is 23.5 Å². The van der Waals surface area contributed by atoms with Crippen molar-refractivity contribution in [2.75, 3.05) is 11.5 Å². The predicted molar refractivity (Wildman–Crippen MR) is 149 cm³/mol. The van der Waals surface area contributed by atoms with Gasteiger partial charge in [0.1, 0.15) is 29.8 Å². The SMILES string of the molecule is C=CCOc1cccc(C2C(=C(O)c3ccc(F)cc3)C(=O)C(=O)N2c2nnc(SCc3ccc(F)cc3)s2)c1. The van der Waals surface area contributed by atoms with Gasteiger partial charge in [-0.3, -0.25) is 14.5 Å². The van der Waals surface area contributed by atoms with Crippen LogP contribution >= 0.6 is 23.1 Å². The highest BCUT2D eigenvalue weighted by molar-refractivity contribution is 8.00. The maximum absolute atomic E-state index is 13.5. The summed E-state index contributed by atoms with van der Waals surface area (Å²) in [6, 6.07) is 16.8. The number of ether oxygens (including phenoxy) is 1. The number of ketones is 1. The Morgan fingerprint density at radius 1 is 1.05 bits per heavy atom. The van der Waals surface area contributed by atoms with Gasteiger partial charge in [0, 0.05) is 11.3 Å². The Morgan fingerprint density at radius 3 is 2.45 bits per heavy atom. The van der Waals surface area contributed by atoms with Crippen LogP contribution in [0.3, 0.4) is 0 Å². The third-order valence-electron chi connectivity index (χ3n) is 5.98. The summed E-state index contributed by atoms with van der Waals surface area (Å²) in [4.78, 5) is 27.9. The van der Waals surface area contributed by atoms with Gasteiger partial charge < -0.3 is 9.84 Å². The molecule has 1 saturated heterocycles. The monoisotopic (exact) mass is 577 g/mol. The first-order valence-corrected chi connectivity index (χ1v) is 13.8. The molecule has 4 aromatic rings. The van der Waals surface area contributed by atoms with Crippen LogP contribution in [-0.4, -0.2) is 33.6 Å². The number of hydrogen-bond donors (Lipinski definition) is 1. The standard InChI is InChI=1S/C29H21F2N3O4S2/c1-2-14-38-22-5-3-4-19(15-22)24-23(25(35)18-8-12-21(31)13-9-18)26(36)27(37)34(24)28-32-33-29(40-28)39-16-17-6-10-20(30)11-7-17/h2-13,15,24,35H,1,14,16H2. The van der Waals surface area contributed by atoms with E-state index in [1.165, 1.54) is 40.9 Å². The van der Waals surface area contributed by atoms with Crippen molar-refractivity contribution in [2.45, 2.75) is 16.1 Å². The van der Waals surface area contributed by atoms with Gasteiger partial charge in [-0.1, -0.05) is 60.0 Å². The summed E-state index contributed by atoms with van der Waals surface area (Å²) < 4.78 is 33.0. The van der Waals surface area contributed by atoms with E-state index in [0.717, 1.165) is 29.0 Å². The molecule has 202 valence electrons. The number of Topliss-reactive ketones (excluding diaryl/α,β-unsaturated/α-hetero) is 1. The van der Waals surface area contributed by atoms with Crippen LogP contribution in [0.4, 0.5) is 13.9 Å². The molecular weight excluding hydrogens is 556 g/mol. The predicted octanol–water partition coefficient (Wildman–Crippen LogP) is 6.30. The minimum atomic E-state index is -1.06. The van der Waals surface area contributed by atoms with Gasteiger partial charge in [-0.25, -0.2) is 8.78 Å². The van der Waals surface area contributed by atoms with E-state index < -0.39 is 29.3 Å². The second-order valence-electron chi connectivity index (χ2n) is 8.61. The zero-order valence-corrected chi connectivity index (χ0v) is 22.4. The van der Waals surface area contributed by atoms with Gasteiger partial charge in [-0.15, -0.1) is 10.2 Å². The smallest absolute Gasteiger partial charge is 0.301 e. The molecule has 3 aromatic carbocycles. The Kier molecular flexibility index (Phi) is 8.04. The molecule has 0 spiro atoms. The van der Waals surface area contributed by atoms with E-state index in [-0.39, 0.29) is 28.7 Å². The Bertz CT molecular complexity index is 1600. The molecule has 1 aliphatic rings. The number of nitrogens with zero attached hydrogens (tertiary/aromatic N) is 3. The number of thioether (sulfide) groups is 1. The number of amides is 1. The number of anilines is 1. The number of carbonyl (C=O) groups excluding carboxylic acids is 2. The van der Waals surface area contributed by atoms with Crippen LogP contribution in [0.25, 0.3) is 5.76 Å². The highest BCUT2D eigenvalue weighted by Gasteiger charge is 2.48. The van der Waals surface area contributed by atoms with Crippen LogP contribution in [0.15, 0.2) is 95.4 Å². The molecule has 2 heterocycles. The molecule has 1 amide bonds. The second kappa shape index (κ2) is 11.8. The van der Waals surface area contributed by atoms with Gasteiger partial charge in [0.25, 0.3) is 5.78 Å². The van der Waals surface area contributed by atoms with Crippen LogP contribution in [0.2, 0.25) is 0 Å². The Morgan fingerprint density at radius 2 is 1.75 bits per heavy atom. The number of halogens is 2. The molecule has 1 aromatic heterocycles. The maximum atomic E-state index is 13.5. The van der Waals surface area contributed by atoms with Crippen molar-refractivity contribution in [1.29, 1.82) is 0 Å². The lowest BCUT2D eigenvalue weighted by Gasteiger charge is -2.23. The van der Waals surface area contributed by atoms with Gasteiger partial charge in [-0.2, -0.15) is 0 Å². The Hall–Kier alpha value is -4.35. The molecule has 40 heavy (non-hydrogen) atoms. The molecule has 7 nitrogen and oxygen atoms in total. The number of hydrogen-bond acceptors (Lipinski definition) is 8. The van der Waals surface area contributed by atoms with Crippen molar-refractivity contribution in [3.05, 3.63) is 119 Å². The fourth-order valence-corrected chi connectivity index (χ4v) is 5.95. The molecule has 1 aliphatic heterocycles. The average molecular weight is 578 g/mol. The van der Waals surface area contributed by atoms with Gasteiger partial charge in [0.15, 0.2) is 4.34 Å². The molecule has 0 bridgehead atoms. The topological polar surface area (TPSA) is 92.6 Å². The molecule has 1 fully saturated rings. The van der Waals surface area contributed by atoms with Gasteiger partial charge >= 0.3 is 5.91 Å². The van der Waals surface area contributed by atoms with E-state index in [1.807, 2.05) is 0 Å². The molecular formula is C29H21F2N3O4S2. The average Bonchev–Trinajstić information content (AvgIpc) is 3.53.